The number of carbonyl (C=O) groups excluding carboxylic acids is 1. The first-order valence-electron chi connectivity index (χ1n) is 13.0. The van der Waals surface area contributed by atoms with Crippen molar-refractivity contribution in [1.82, 2.24) is 14.3 Å². The molecule has 0 spiro atoms. The Kier molecular flexibility index (Phi) is 7.84. The van der Waals surface area contributed by atoms with Crippen LogP contribution in [-0.4, -0.2) is 33.8 Å². The molecular weight excluding hydrogens is 470 g/mol. The number of aryl methyl sites for hydroxylation is 1. The van der Waals surface area contributed by atoms with E-state index in [1.165, 1.54) is 5.56 Å². The van der Waals surface area contributed by atoms with Gasteiger partial charge in [-0.15, -0.1) is 0 Å². The van der Waals surface area contributed by atoms with E-state index in [0.29, 0.717) is 19.5 Å². The van der Waals surface area contributed by atoms with Crippen LogP contribution < -0.4 is 4.74 Å². The summed E-state index contributed by atoms with van der Waals surface area (Å²) in [7, 11) is 1.68. The van der Waals surface area contributed by atoms with Crippen LogP contribution in [-0.2, 0) is 17.8 Å². The first-order valence-corrected chi connectivity index (χ1v) is 13.0. The monoisotopic (exact) mass is 503 g/mol. The molecule has 1 unspecified atom stereocenters. The molecule has 0 saturated carbocycles. The van der Waals surface area contributed by atoms with Crippen LogP contribution in [0.4, 0.5) is 0 Å². The Morgan fingerprint density at radius 2 is 1.61 bits per heavy atom. The molecule has 2 aromatic heterocycles. The number of para-hydroxylation sites is 1. The van der Waals surface area contributed by atoms with E-state index in [4.69, 9.17) is 4.74 Å². The van der Waals surface area contributed by atoms with Crippen LogP contribution in [0.1, 0.15) is 40.3 Å². The summed E-state index contributed by atoms with van der Waals surface area (Å²) in [5, 5.41) is 0. The Balaban J connectivity index is 1.49. The number of nitrogens with zero attached hydrogens (tertiary/aromatic N) is 3. The molecule has 0 bridgehead atoms. The molecule has 0 aliphatic heterocycles. The van der Waals surface area contributed by atoms with Crippen molar-refractivity contribution < 1.29 is 9.53 Å². The van der Waals surface area contributed by atoms with Crippen molar-refractivity contribution in [2.24, 2.45) is 0 Å². The molecule has 5 aromatic rings. The van der Waals surface area contributed by atoms with Gasteiger partial charge in [0.25, 0.3) is 0 Å². The average Bonchev–Trinajstić information content (AvgIpc) is 3.37. The summed E-state index contributed by atoms with van der Waals surface area (Å²) in [5.41, 5.74) is 6.31. The Morgan fingerprint density at radius 3 is 2.34 bits per heavy atom. The zero-order chi connectivity index (χ0) is 26.3. The quantitative estimate of drug-likeness (QED) is 0.220. The fourth-order valence-electron chi connectivity index (χ4n) is 5.00. The molecule has 2 heterocycles. The van der Waals surface area contributed by atoms with Crippen LogP contribution in [0.15, 0.2) is 109 Å². The molecule has 192 valence electrons. The van der Waals surface area contributed by atoms with Crippen molar-refractivity contribution in [2.75, 3.05) is 13.7 Å². The van der Waals surface area contributed by atoms with Gasteiger partial charge in [0.2, 0.25) is 5.91 Å². The molecule has 5 nitrogen and oxygen atoms in total. The van der Waals surface area contributed by atoms with Crippen molar-refractivity contribution in [1.29, 1.82) is 0 Å². The number of hydrogen-bond donors (Lipinski definition) is 0. The highest BCUT2D eigenvalue weighted by Crippen LogP contribution is 2.35. The van der Waals surface area contributed by atoms with Gasteiger partial charge in [-0.3, -0.25) is 4.79 Å². The highest BCUT2D eigenvalue weighted by molar-refractivity contribution is 5.78. The first-order chi connectivity index (χ1) is 18.6. The summed E-state index contributed by atoms with van der Waals surface area (Å²) in [4.78, 5) is 20.8. The summed E-state index contributed by atoms with van der Waals surface area (Å²) < 4.78 is 7.83. The summed E-state index contributed by atoms with van der Waals surface area (Å²) in [5.74, 6) is 0.653. The number of amides is 1. The summed E-state index contributed by atoms with van der Waals surface area (Å²) >= 11 is 0. The third kappa shape index (κ3) is 5.78. The van der Waals surface area contributed by atoms with Gasteiger partial charge < -0.3 is 14.0 Å². The molecule has 5 rings (SSSR count). The number of methoxy groups -OCH3 is 1. The fourth-order valence-corrected chi connectivity index (χ4v) is 5.00. The van der Waals surface area contributed by atoms with Crippen LogP contribution in [0.2, 0.25) is 0 Å². The van der Waals surface area contributed by atoms with Gasteiger partial charge in [0, 0.05) is 43.4 Å². The SMILES string of the molecule is COc1ccccc1C(CC(=O)N(CCc1ccccc1)Cc1ccccc1)c1cnc2cc(C)ccn12. The number of imidazole rings is 1. The number of ether oxygens (including phenoxy) is 1. The number of fused-ring (bicyclic) bond motifs is 1. The van der Waals surface area contributed by atoms with Crippen LogP contribution in [0.25, 0.3) is 5.65 Å². The van der Waals surface area contributed by atoms with E-state index in [-0.39, 0.29) is 11.8 Å². The van der Waals surface area contributed by atoms with Crippen LogP contribution >= 0.6 is 0 Å². The van der Waals surface area contributed by atoms with E-state index >= 15 is 0 Å². The minimum Gasteiger partial charge on any atom is -0.496 e. The molecule has 0 radical (unpaired) electrons. The maximum atomic E-state index is 14.1. The normalized spacial score (nSPS) is 11.8. The number of hydrogen-bond acceptors (Lipinski definition) is 3. The second-order valence-corrected chi connectivity index (χ2v) is 9.65. The summed E-state index contributed by atoms with van der Waals surface area (Å²) in [6.07, 6.45) is 5.04. The Labute approximate surface area is 224 Å². The molecule has 38 heavy (non-hydrogen) atoms. The van der Waals surface area contributed by atoms with Crippen molar-refractivity contribution in [3.05, 3.63) is 137 Å². The van der Waals surface area contributed by atoms with Gasteiger partial charge in [0.15, 0.2) is 0 Å². The molecule has 3 aromatic carbocycles. The molecule has 0 fully saturated rings. The second kappa shape index (κ2) is 11.8. The predicted octanol–water partition coefficient (Wildman–Crippen LogP) is 6.44. The number of benzene rings is 3. The molecule has 0 aliphatic rings. The zero-order valence-corrected chi connectivity index (χ0v) is 22.0. The molecule has 0 N–H and O–H groups in total. The second-order valence-electron chi connectivity index (χ2n) is 9.65. The van der Waals surface area contributed by atoms with Gasteiger partial charge in [-0.2, -0.15) is 0 Å². The smallest absolute Gasteiger partial charge is 0.223 e. The summed E-state index contributed by atoms with van der Waals surface area (Å²) in [6.45, 7) is 3.27. The van der Waals surface area contributed by atoms with E-state index in [0.717, 1.165) is 40.2 Å². The van der Waals surface area contributed by atoms with Crippen molar-refractivity contribution in [3.8, 4) is 5.75 Å². The molecular formula is C33H33N3O2. The van der Waals surface area contributed by atoms with Crippen molar-refractivity contribution in [2.45, 2.75) is 32.2 Å². The maximum Gasteiger partial charge on any atom is 0.223 e. The average molecular weight is 504 g/mol. The van der Waals surface area contributed by atoms with E-state index in [1.54, 1.807) is 7.11 Å². The fraction of sp³-hybridized carbons (Fsp3) is 0.212. The largest absolute Gasteiger partial charge is 0.496 e. The minimum atomic E-state index is -0.216. The number of rotatable bonds is 10. The lowest BCUT2D eigenvalue weighted by Crippen LogP contribution is -2.33. The highest BCUT2D eigenvalue weighted by Gasteiger charge is 2.27. The van der Waals surface area contributed by atoms with Crippen molar-refractivity contribution >= 4 is 11.6 Å². The van der Waals surface area contributed by atoms with E-state index in [9.17, 15) is 4.79 Å². The minimum absolute atomic E-state index is 0.0998. The standard InChI is InChI=1S/C33H33N3O2/c1-25-17-20-36-30(23-34-32(36)21-25)29(28-15-9-10-16-31(28)38-2)22-33(37)35(24-27-13-7-4-8-14-27)19-18-26-11-5-3-6-12-26/h3-17,20-21,23,29H,18-19,22,24H2,1-2H3. The van der Waals surface area contributed by atoms with Gasteiger partial charge in [0.1, 0.15) is 11.4 Å². The Bertz CT molecular complexity index is 1500. The first kappa shape index (κ1) is 25.3. The highest BCUT2D eigenvalue weighted by atomic mass is 16.5. The van der Waals surface area contributed by atoms with Gasteiger partial charge in [-0.1, -0.05) is 78.9 Å². The lowest BCUT2D eigenvalue weighted by molar-refractivity contribution is -0.132. The molecule has 1 atom stereocenters. The Hall–Kier alpha value is -4.38. The van der Waals surface area contributed by atoms with Crippen LogP contribution in [0, 0.1) is 6.92 Å². The maximum absolute atomic E-state index is 14.1. The van der Waals surface area contributed by atoms with Gasteiger partial charge in [-0.25, -0.2) is 4.98 Å². The predicted molar refractivity (Wildman–Crippen MR) is 151 cm³/mol. The molecule has 1 amide bonds. The summed E-state index contributed by atoms with van der Waals surface area (Å²) in [6, 6.07) is 32.6. The third-order valence-corrected chi connectivity index (χ3v) is 7.03. The third-order valence-electron chi connectivity index (χ3n) is 7.03. The van der Waals surface area contributed by atoms with Crippen LogP contribution in [0.3, 0.4) is 0 Å². The lowest BCUT2D eigenvalue weighted by atomic mass is 9.91. The molecule has 0 aliphatic carbocycles. The van der Waals surface area contributed by atoms with Gasteiger partial charge in [0.05, 0.1) is 12.8 Å². The van der Waals surface area contributed by atoms with Crippen molar-refractivity contribution in [3.63, 3.8) is 0 Å². The zero-order valence-electron chi connectivity index (χ0n) is 22.0. The molecule has 5 heteroatoms. The number of pyridine rings is 1. The number of aromatic nitrogens is 2. The van der Waals surface area contributed by atoms with Gasteiger partial charge in [-0.05, 0) is 48.2 Å². The van der Waals surface area contributed by atoms with Gasteiger partial charge >= 0.3 is 0 Å². The number of carbonyl (C=O) groups is 1. The van der Waals surface area contributed by atoms with E-state index in [2.05, 4.69) is 58.8 Å². The Morgan fingerprint density at radius 1 is 0.921 bits per heavy atom. The van der Waals surface area contributed by atoms with E-state index < -0.39 is 0 Å². The van der Waals surface area contributed by atoms with E-state index in [1.807, 2.05) is 71.9 Å². The van der Waals surface area contributed by atoms with Crippen LogP contribution in [0.5, 0.6) is 5.75 Å². The molecule has 0 saturated heterocycles. The lowest BCUT2D eigenvalue weighted by Gasteiger charge is -2.26. The topological polar surface area (TPSA) is 46.8 Å².